The molecular formula is C12H15N3O3. The van der Waals surface area contributed by atoms with Gasteiger partial charge in [-0.1, -0.05) is 0 Å². The highest BCUT2D eigenvalue weighted by Gasteiger charge is 2.20. The standard InChI is InChI=1S/C12H15N3O3/c1-12(9-13,14-2)7-8-18-11-5-3-10(4-6-11)15(16)17/h3-6,14H,7-8H2,1-2H3. The van der Waals surface area contributed by atoms with Gasteiger partial charge in [-0.25, -0.2) is 0 Å². The number of ether oxygens (including phenoxy) is 1. The van der Waals surface area contributed by atoms with Gasteiger partial charge in [0.2, 0.25) is 0 Å². The summed E-state index contributed by atoms with van der Waals surface area (Å²) in [6.07, 6.45) is 0.525. The number of nitrogens with zero attached hydrogens (tertiary/aromatic N) is 2. The van der Waals surface area contributed by atoms with Gasteiger partial charge in [0.05, 0.1) is 17.6 Å². The van der Waals surface area contributed by atoms with Gasteiger partial charge in [-0.15, -0.1) is 0 Å². The van der Waals surface area contributed by atoms with Gasteiger partial charge in [0, 0.05) is 18.6 Å². The molecule has 6 nitrogen and oxygen atoms in total. The summed E-state index contributed by atoms with van der Waals surface area (Å²) in [5, 5.41) is 22.3. The van der Waals surface area contributed by atoms with Crippen molar-refractivity contribution >= 4 is 5.69 Å². The number of nitro benzene ring substituents is 1. The van der Waals surface area contributed by atoms with E-state index in [2.05, 4.69) is 11.4 Å². The number of hydrogen-bond acceptors (Lipinski definition) is 5. The third-order valence-electron chi connectivity index (χ3n) is 2.72. The Kier molecular flexibility index (Phi) is 4.63. The molecule has 0 aliphatic carbocycles. The van der Waals surface area contributed by atoms with E-state index in [1.54, 1.807) is 26.1 Å². The summed E-state index contributed by atoms with van der Waals surface area (Å²) in [7, 11) is 1.72. The Morgan fingerprint density at radius 3 is 2.56 bits per heavy atom. The summed E-state index contributed by atoms with van der Waals surface area (Å²) in [5.41, 5.74) is -0.597. The van der Waals surface area contributed by atoms with Gasteiger partial charge in [0.1, 0.15) is 11.3 Å². The largest absolute Gasteiger partial charge is 0.493 e. The summed E-state index contributed by atoms with van der Waals surface area (Å²) in [5.74, 6) is 0.553. The average Bonchev–Trinajstić information content (AvgIpc) is 2.39. The van der Waals surface area contributed by atoms with Gasteiger partial charge >= 0.3 is 0 Å². The quantitative estimate of drug-likeness (QED) is 0.614. The molecule has 0 bridgehead atoms. The van der Waals surface area contributed by atoms with Crippen molar-refractivity contribution in [1.29, 1.82) is 5.26 Å². The fourth-order valence-corrected chi connectivity index (χ4v) is 1.27. The highest BCUT2D eigenvalue weighted by atomic mass is 16.6. The van der Waals surface area contributed by atoms with Crippen LogP contribution >= 0.6 is 0 Å². The second kappa shape index (κ2) is 5.98. The van der Waals surface area contributed by atoms with E-state index in [1.165, 1.54) is 12.1 Å². The summed E-state index contributed by atoms with van der Waals surface area (Å²) in [6, 6.07) is 8.02. The molecule has 1 aromatic rings. The minimum atomic E-state index is -0.624. The molecular weight excluding hydrogens is 234 g/mol. The fraction of sp³-hybridized carbons (Fsp3) is 0.417. The highest BCUT2D eigenvalue weighted by Crippen LogP contribution is 2.18. The van der Waals surface area contributed by atoms with Gasteiger partial charge < -0.3 is 10.1 Å². The fourth-order valence-electron chi connectivity index (χ4n) is 1.27. The molecule has 0 spiro atoms. The van der Waals surface area contributed by atoms with Gasteiger partial charge in [-0.05, 0) is 26.1 Å². The lowest BCUT2D eigenvalue weighted by atomic mass is 10.0. The Labute approximate surface area is 105 Å². The second-order valence-electron chi connectivity index (χ2n) is 4.04. The van der Waals surface area contributed by atoms with Crippen molar-refractivity contribution in [2.24, 2.45) is 0 Å². The molecule has 0 amide bonds. The van der Waals surface area contributed by atoms with Crippen LogP contribution in [0, 0.1) is 21.4 Å². The van der Waals surface area contributed by atoms with Crippen LogP contribution in [0.2, 0.25) is 0 Å². The predicted molar refractivity (Wildman–Crippen MR) is 66.3 cm³/mol. The molecule has 1 aromatic carbocycles. The smallest absolute Gasteiger partial charge is 0.269 e. The Hall–Kier alpha value is -2.13. The minimum Gasteiger partial charge on any atom is -0.493 e. The molecule has 1 unspecified atom stereocenters. The number of nitrogens with one attached hydrogen (secondary N) is 1. The van der Waals surface area contributed by atoms with Crippen molar-refractivity contribution in [3.8, 4) is 11.8 Å². The molecule has 0 heterocycles. The molecule has 0 aromatic heterocycles. The molecule has 1 atom stereocenters. The van der Waals surface area contributed by atoms with Crippen LogP contribution < -0.4 is 10.1 Å². The highest BCUT2D eigenvalue weighted by molar-refractivity contribution is 5.35. The first-order valence-corrected chi connectivity index (χ1v) is 5.48. The van der Waals surface area contributed by atoms with Crippen molar-refractivity contribution in [1.82, 2.24) is 5.32 Å². The van der Waals surface area contributed by atoms with Crippen molar-refractivity contribution in [3.63, 3.8) is 0 Å². The van der Waals surface area contributed by atoms with Gasteiger partial charge in [0.15, 0.2) is 0 Å². The number of nitro groups is 1. The van der Waals surface area contributed by atoms with Crippen LogP contribution in [0.1, 0.15) is 13.3 Å². The molecule has 0 saturated heterocycles. The zero-order valence-electron chi connectivity index (χ0n) is 10.3. The van der Waals surface area contributed by atoms with Crippen molar-refractivity contribution in [2.45, 2.75) is 18.9 Å². The summed E-state index contributed by atoms with van der Waals surface area (Å²) < 4.78 is 5.43. The molecule has 6 heteroatoms. The first kappa shape index (κ1) is 13.9. The third-order valence-corrected chi connectivity index (χ3v) is 2.72. The Morgan fingerprint density at radius 2 is 2.11 bits per heavy atom. The average molecular weight is 249 g/mol. The Bertz CT molecular complexity index is 453. The number of rotatable bonds is 6. The van der Waals surface area contributed by atoms with E-state index in [0.717, 1.165) is 0 Å². The minimum absolute atomic E-state index is 0.0273. The van der Waals surface area contributed by atoms with Crippen LogP contribution in [-0.4, -0.2) is 24.1 Å². The number of nitriles is 1. The van der Waals surface area contributed by atoms with E-state index in [1.807, 2.05) is 0 Å². The van der Waals surface area contributed by atoms with Crippen LogP contribution in [0.4, 0.5) is 5.69 Å². The maximum atomic E-state index is 10.5. The molecule has 0 saturated carbocycles. The molecule has 0 aliphatic rings. The van der Waals surface area contributed by atoms with E-state index in [0.29, 0.717) is 18.8 Å². The lowest BCUT2D eigenvalue weighted by molar-refractivity contribution is -0.384. The normalized spacial score (nSPS) is 13.4. The van der Waals surface area contributed by atoms with E-state index in [-0.39, 0.29) is 5.69 Å². The van der Waals surface area contributed by atoms with Gasteiger partial charge in [-0.2, -0.15) is 5.26 Å². The number of non-ortho nitro benzene ring substituents is 1. The predicted octanol–water partition coefficient (Wildman–Crippen LogP) is 1.87. The summed E-state index contributed by atoms with van der Waals surface area (Å²) >= 11 is 0. The molecule has 96 valence electrons. The van der Waals surface area contributed by atoms with Crippen LogP contribution in [0.15, 0.2) is 24.3 Å². The summed E-state index contributed by atoms with van der Waals surface area (Å²) in [4.78, 5) is 10.00. The van der Waals surface area contributed by atoms with E-state index >= 15 is 0 Å². The molecule has 1 N–H and O–H groups in total. The molecule has 18 heavy (non-hydrogen) atoms. The van der Waals surface area contributed by atoms with Crippen LogP contribution in [0.3, 0.4) is 0 Å². The van der Waals surface area contributed by atoms with Crippen LogP contribution in [-0.2, 0) is 0 Å². The van der Waals surface area contributed by atoms with Gasteiger partial charge in [0.25, 0.3) is 5.69 Å². The molecule has 0 fully saturated rings. The number of benzene rings is 1. The maximum Gasteiger partial charge on any atom is 0.269 e. The van der Waals surface area contributed by atoms with E-state index in [4.69, 9.17) is 10.00 Å². The monoisotopic (exact) mass is 249 g/mol. The van der Waals surface area contributed by atoms with E-state index < -0.39 is 10.5 Å². The SMILES string of the molecule is CNC(C)(C#N)CCOc1ccc([N+](=O)[O-])cc1. The topological polar surface area (TPSA) is 88.2 Å². The lowest BCUT2D eigenvalue weighted by Crippen LogP contribution is -2.39. The van der Waals surface area contributed by atoms with Crippen molar-refractivity contribution < 1.29 is 9.66 Å². The Morgan fingerprint density at radius 1 is 1.50 bits per heavy atom. The first-order chi connectivity index (χ1) is 8.50. The molecule has 0 radical (unpaired) electrons. The van der Waals surface area contributed by atoms with E-state index in [9.17, 15) is 10.1 Å². The zero-order valence-corrected chi connectivity index (χ0v) is 10.3. The molecule has 1 rings (SSSR count). The maximum absolute atomic E-state index is 10.5. The van der Waals surface area contributed by atoms with Crippen molar-refractivity contribution in [2.75, 3.05) is 13.7 Å². The summed E-state index contributed by atoms with van der Waals surface area (Å²) in [6.45, 7) is 2.15. The zero-order chi connectivity index (χ0) is 13.6. The molecule has 0 aliphatic heterocycles. The van der Waals surface area contributed by atoms with Gasteiger partial charge in [-0.3, -0.25) is 10.1 Å². The van der Waals surface area contributed by atoms with Crippen LogP contribution in [0.25, 0.3) is 0 Å². The van der Waals surface area contributed by atoms with Crippen molar-refractivity contribution in [3.05, 3.63) is 34.4 Å². The second-order valence-corrected chi connectivity index (χ2v) is 4.04. The number of hydrogen-bond donors (Lipinski definition) is 1. The Balaban J connectivity index is 2.50. The lowest BCUT2D eigenvalue weighted by Gasteiger charge is -2.20. The third kappa shape index (κ3) is 3.71. The first-order valence-electron chi connectivity index (χ1n) is 5.48. The van der Waals surface area contributed by atoms with Crippen LogP contribution in [0.5, 0.6) is 5.75 Å².